The van der Waals surface area contributed by atoms with E-state index in [1.807, 2.05) is 4.68 Å². The number of sulfone groups is 1. The Morgan fingerprint density at radius 1 is 1.22 bits per heavy atom. The second-order valence-corrected chi connectivity index (χ2v) is 10.7. The molecule has 2 N–H and O–H groups in total. The van der Waals surface area contributed by atoms with E-state index in [4.69, 9.17) is 4.99 Å². The maximum absolute atomic E-state index is 11.7. The third kappa shape index (κ3) is 4.80. The van der Waals surface area contributed by atoms with Crippen LogP contribution in [0.1, 0.15) is 57.1 Å². The van der Waals surface area contributed by atoms with Crippen LogP contribution in [0.3, 0.4) is 0 Å². The van der Waals surface area contributed by atoms with E-state index in [2.05, 4.69) is 34.6 Å². The van der Waals surface area contributed by atoms with E-state index in [0.717, 1.165) is 43.4 Å². The lowest BCUT2D eigenvalue weighted by Crippen LogP contribution is -2.48. The fraction of sp³-hybridized carbons (Fsp3) is 0.833. The summed E-state index contributed by atoms with van der Waals surface area (Å²) in [6.45, 7) is 5.59. The molecular formula is C18H30N6O2S. The predicted octanol–water partition coefficient (Wildman–Crippen LogP) is 0.849. The fourth-order valence-electron chi connectivity index (χ4n) is 3.67. The number of nitrogens with zero attached hydrogens (tertiary/aromatic N) is 4. The molecule has 1 saturated heterocycles. The molecule has 2 atom stereocenters. The van der Waals surface area contributed by atoms with Gasteiger partial charge in [0.15, 0.2) is 21.6 Å². The van der Waals surface area contributed by atoms with Crippen LogP contribution in [0.25, 0.3) is 0 Å². The molecule has 2 unspecified atom stereocenters. The number of fused-ring (bicyclic) bond motifs is 1. The molecule has 0 amide bonds. The quantitative estimate of drug-likeness (QED) is 0.567. The minimum atomic E-state index is -2.85. The molecule has 3 aliphatic rings. The van der Waals surface area contributed by atoms with Crippen molar-refractivity contribution in [2.24, 2.45) is 10.9 Å². The zero-order valence-corrected chi connectivity index (χ0v) is 17.0. The maximum atomic E-state index is 11.7. The summed E-state index contributed by atoms with van der Waals surface area (Å²) in [7, 11) is -2.85. The smallest absolute Gasteiger partial charge is 0.191 e. The van der Waals surface area contributed by atoms with Crippen LogP contribution in [0.15, 0.2) is 4.99 Å². The molecule has 27 heavy (non-hydrogen) atoms. The van der Waals surface area contributed by atoms with Crippen molar-refractivity contribution in [3.8, 4) is 0 Å². The van der Waals surface area contributed by atoms with Gasteiger partial charge in [0.2, 0.25) is 0 Å². The van der Waals surface area contributed by atoms with Gasteiger partial charge in [0.1, 0.15) is 5.82 Å². The van der Waals surface area contributed by atoms with Crippen LogP contribution in [0.4, 0.5) is 0 Å². The lowest BCUT2D eigenvalue weighted by atomic mass is 10.1. The van der Waals surface area contributed by atoms with Crippen molar-refractivity contribution in [3.05, 3.63) is 11.6 Å². The van der Waals surface area contributed by atoms with Crippen LogP contribution < -0.4 is 10.6 Å². The summed E-state index contributed by atoms with van der Waals surface area (Å²) in [5, 5.41) is 11.7. The number of guanidine groups is 1. The minimum Gasteiger partial charge on any atom is -0.354 e. The summed E-state index contributed by atoms with van der Waals surface area (Å²) in [5.74, 6) is 3.87. The summed E-state index contributed by atoms with van der Waals surface area (Å²) in [4.78, 5) is 9.37. The molecule has 9 heteroatoms. The molecule has 4 rings (SSSR count). The van der Waals surface area contributed by atoms with E-state index in [0.29, 0.717) is 24.3 Å². The highest BCUT2D eigenvalue weighted by molar-refractivity contribution is 7.91. The molecule has 3 heterocycles. The average Bonchev–Trinajstić information content (AvgIpc) is 3.20. The Morgan fingerprint density at radius 3 is 2.67 bits per heavy atom. The standard InChI is InChI=1S/C18H30N6O2S/c1-12(2)17-22-16-6-5-15(10-24(16)23-17)21-18(20-14-3-4-14)19-9-13-7-8-27(25,26)11-13/h12-15H,3-11H2,1-2H3,(H2,19,20,21). The molecule has 0 bridgehead atoms. The highest BCUT2D eigenvalue weighted by atomic mass is 32.2. The van der Waals surface area contributed by atoms with Gasteiger partial charge in [-0.2, -0.15) is 5.10 Å². The van der Waals surface area contributed by atoms with Crippen LogP contribution in [0.5, 0.6) is 0 Å². The van der Waals surface area contributed by atoms with E-state index in [9.17, 15) is 8.42 Å². The van der Waals surface area contributed by atoms with Gasteiger partial charge in [0.05, 0.1) is 18.1 Å². The van der Waals surface area contributed by atoms with Gasteiger partial charge in [-0.3, -0.25) is 4.99 Å². The van der Waals surface area contributed by atoms with Crippen LogP contribution >= 0.6 is 0 Å². The second kappa shape index (κ2) is 7.41. The van der Waals surface area contributed by atoms with Gasteiger partial charge in [0, 0.05) is 31.0 Å². The number of hydrogen-bond donors (Lipinski definition) is 2. The van der Waals surface area contributed by atoms with Crippen LogP contribution in [-0.2, 0) is 22.8 Å². The van der Waals surface area contributed by atoms with Crippen molar-refractivity contribution < 1.29 is 8.42 Å². The molecule has 1 aliphatic carbocycles. The fourth-order valence-corrected chi connectivity index (χ4v) is 5.52. The number of hydrogen-bond acceptors (Lipinski definition) is 5. The molecule has 0 aromatic carbocycles. The van der Waals surface area contributed by atoms with Crippen LogP contribution in [-0.4, -0.2) is 59.3 Å². The van der Waals surface area contributed by atoms with Crippen LogP contribution in [0, 0.1) is 5.92 Å². The van der Waals surface area contributed by atoms with Gasteiger partial charge >= 0.3 is 0 Å². The van der Waals surface area contributed by atoms with Gasteiger partial charge in [-0.05, 0) is 31.6 Å². The normalized spacial score (nSPS) is 27.6. The van der Waals surface area contributed by atoms with E-state index >= 15 is 0 Å². The van der Waals surface area contributed by atoms with Crippen molar-refractivity contribution in [2.75, 3.05) is 18.1 Å². The zero-order valence-electron chi connectivity index (χ0n) is 16.2. The van der Waals surface area contributed by atoms with Gasteiger partial charge in [-0.1, -0.05) is 13.8 Å². The first-order valence-corrected chi connectivity index (χ1v) is 11.9. The van der Waals surface area contributed by atoms with Crippen molar-refractivity contribution in [2.45, 2.75) is 70.5 Å². The van der Waals surface area contributed by atoms with Crippen molar-refractivity contribution in [1.82, 2.24) is 25.4 Å². The summed E-state index contributed by atoms with van der Waals surface area (Å²) in [6.07, 6.45) is 4.99. The highest BCUT2D eigenvalue weighted by Gasteiger charge is 2.29. The molecular weight excluding hydrogens is 364 g/mol. The van der Waals surface area contributed by atoms with E-state index in [-0.39, 0.29) is 17.7 Å². The second-order valence-electron chi connectivity index (χ2n) is 8.48. The lowest BCUT2D eigenvalue weighted by Gasteiger charge is -2.25. The first-order valence-electron chi connectivity index (χ1n) is 10.1. The SMILES string of the molecule is CC(C)c1nc2n(n1)CC(NC(=NCC1CCS(=O)(=O)C1)NC1CC1)CC2. The molecule has 1 aromatic heterocycles. The lowest BCUT2D eigenvalue weighted by molar-refractivity contribution is 0.391. The molecule has 0 spiro atoms. The molecule has 1 aromatic rings. The summed E-state index contributed by atoms with van der Waals surface area (Å²) in [5.41, 5.74) is 0. The number of nitrogens with one attached hydrogen (secondary N) is 2. The number of rotatable bonds is 5. The number of aliphatic imine (C=N–C) groups is 1. The Morgan fingerprint density at radius 2 is 2.00 bits per heavy atom. The summed E-state index contributed by atoms with van der Waals surface area (Å²) in [6, 6.07) is 0.762. The van der Waals surface area contributed by atoms with Gasteiger partial charge in [-0.15, -0.1) is 0 Å². The zero-order chi connectivity index (χ0) is 19.0. The maximum Gasteiger partial charge on any atom is 0.191 e. The third-order valence-electron chi connectivity index (χ3n) is 5.48. The summed E-state index contributed by atoms with van der Waals surface area (Å²) < 4.78 is 25.3. The minimum absolute atomic E-state index is 0.148. The Kier molecular flexibility index (Phi) is 5.13. The molecule has 2 aliphatic heterocycles. The monoisotopic (exact) mass is 394 g/mol. The number of aryl methyl sites for hydroxylation is 1. The van der Waals surface area contributed by atoms with Gasteiger partial charge < -0.3 is 10.6 Å². The first kappa shape index (κ1) is 18.7. The Hall–Kier alpha value is -1.64. The number of aromatic nitrogens is 3. The highest BCUT2D eigenvalue weighted by Crippen LogP contribution is 2.21. The summed E-state index contributed by atoms with van der Waals surface area (Å²) >= 11 is 0. The van der Waals surface area contributed by atoms with Gasteiger partial charge in [-0.25, -0.2) is 18.1 Å². The topological polar surface area (TPSA) is 101 Å². The molecule has 2 fully saturated rings. The third-order valence-corrected chi connectivity index (χ3v) is 7.32. The average molecular weight is 395 g/mol. The molecule has 8 nitrogen and oxygen atoms in total. The van der Waals surface area contributed by atoms with E-state index < -0.39 is 9.84 Å². The van der Waals surface area contributed by atoms with Crippen molar-refractivity contribution >= 4 is 15.8 Å². The first-order chi connectivity index (χ1) is 12.9. The largest absolute Gasteiger partial charge is 0.354 e. The molecule has 0 radical (unpaired) electrons. The predicted molar refractivity (Wildman–Crippen MR) is 105 cm³/mol. The Labute approximate surface area is 161 Å². The van der Waals surface area contributed by atoms with Crippen molar-refractivity contribution in [1.29, 1.82) is 0 Å². The van der Waals surface area contributed by atoms with E-state index in [1.54, 1.807) is 0 Å². The molecule has 1 saturated carbocycles. The molecule has 150 valence electrons. The van der Waals surface area contributed by atoms with Crippen molar-refractivity contribution in [3.63, 3.8) is 0 Å². The van der Waals surface area contributed by atoms with Gasteiger partial charge in [0.25, 0.3) is 0 Å². The van der Waals surface area contributed by atoms with E-state index in [1.165, 1.54) is 12.8 Å². The Balaban J connectivity index is 1.38. The van der Waals surface area contributed by atoms with Crippen LogP contribution in [0.2, 0.25) is 0 Å². The Bertz CT molecular complexity index is 812.